The number of hydrogen-bond donors (Lipinski definition) is 2. The van der Waals surface area contributed by atoms with Crippen LogP contribution in [-0.4, -0.2) is 41.5 Å². The maximum atomic E-state index is 13.4. The van der Waals surface area contributed by atoms with Crippen LogP contribution in [0.3, 0.4) is 0 Å². The van der Waals surface area contributed by atoms with Gasteiger partial charge < -0.3 is 15.3 Å². The molecular weight excluding hydrogens is 494 g/mol. The zero-order valence-electron chi connectivity index (χ0n) is 16.3. The smallest absolute Gasteiger partial charge is 0.223 e. The fraction of sp³-hybridized carbons (Fsp3) is 0.500. The summed E-state index contributed by atoms with van der Waals surface area (Å²) in [6.07, 6.45) is 1.54. The average Bonchev–Trinajstić information content (AvgIpc) is 3.05. The highest BCUT2D eigenvalue weighted by atomic mass is 127. The standard InChI is InChI=1S/C10H7FINOS.C10H19NO2/c11-10-5-8(3-4-15-12)1-2-9(10)6-13-7-14;1-10(2,3)6-9(13)11-5-4-8(12)7-11/h1-2,5,7H,6H2,(H,13,14);8,12H,4-7H2,1-3H3. The van der Waals surface area contributed by atoms with Gasteiger partial charge in [0.2, 0.25) is 12.3 Å². The van der Waals surface area contributed by atoms with Gasteiger partial charge >= 0.3 is 0 Å². The van der Waals surface area contributed by atoms with Crippen molar-refractivity contribution in [1.29, 1.82) is 0 Å². The minimum Gasteiger partial charge on any atom is -0.391 e. The summed E-state index contributed by atoms with van der Waals surface area (Å²) in [5, 5.41) is 14.4. The Morgan fingerprint density at radius 3 is 2.71 bits per heavy atom. The monoisotopic (exact) mass is 520 g/mol. The van der Waals surface area contributed by atoms with Gasteiger partial charge in [0.25, 0.3) is 0 Å². The number of amides is 2. The van der Waals surface area contributed by atoms with Gasteiger partial charge in [-0.05, 0) is 38.2 Å². The van der Waals surface area contributed by atoms with E-state index in [9.17, 15) is 19.1 Å². The Morgan fingerprint density at radius 2 is 2.21 bits per heavy atom. The number of hydrogen-bond acceptors (Lipinski definition) is 4. The molecule has 0 bridgehead atoms. The highest BCUT2D eigenvalue weighted by Gasteiger charge is 2.27. The van der Waals surface area contributed by atoms with Crippen molar-refractivity contribution in [2.45, 2.75) is 46.3 Å². The van der Waals surface area contributed by atoms with E-state index in [4.69, 9.17) is 0 Å². The van der Waals surface area contributed by atoms with Gasteiger partial charge in [-0.15, -0.1) is 0 Å². The summed E-state index contributed by atoms with van der Waals surface area (Å²) < 4.78 is 13.4. The van der Waals surface area contributed by atoms with Crippen LogP contribution >= 0.6 is 30.1 Å². The molecule has 1 heterocycles. The van der Waals surface area contributed by atoms with Crippen LogP contribution in [0.4, 0.5) is 4.39 Å². The van der Waals surface area contributed by atoms with Crippen molar-refractivity contribution >= 4 is 42.5 Å². The van der Waals surface area contributed by atoms with Gasteiger partial charge in [-0.3, -0.25) is 9.59 Å². The fourth-order valence-corrected chi connectivity index (χ4v) is 3.02. The van der Waals surface area contributed by atoms with Crippen molar-refractivity contribution in [1.82, 2.24) is 10.2 Å². The van der Waals surface area contributed by atoms with Gasteiger partial charge in [-0.1, -0.05) is 32.8 Å². The highest BCUT2D eigenvalue weighted by molar-refractivity contribution is 14.2. The lowest BCUT2D eigenvalue weighted by Gasteiger charge is -2.22. The molecule has 2 N–H and O–H groups in total. The zero-order chi connectivity index (χ0) is 21.2. The topological polar surface area (TPSA) is 69.6 Å². The molecule has 0 saturated carbocycles. The van der Waals surface area contributed by atoms with Crippen LogP contribution in [0.1, 0.15) is 44.7 Å². The molecule has 5 nitrogen and oxygen atoms in total. The molecular formula is C20H26FIN2O3S. The summed E-state index contributed by atoms with van der Waals surface area (Å²) in [5.74, 6) is 2.61. The number of aliphatic hydroxyl groups is 1. The van der Waals surface area contributed by atoms with Crippen molar-refractivity contribution in [3.8, 4) is 11.2 Å². The Bertz CT molecular complexity index is 728. The molecule has 8 heteroatoms. The zero-order valence-corrected chi connectivity index (χ0v) is 19.3. The highest BCUT2D eigenvalue weighted by Crippen LogP contribution is 2.21. The third-order valence-corrected chi connectivity index (χ3v) is 4.70. The van der Waals surface area contributed by atoms with Crippen LogP contribution in [0, 0.1) is 22.4 Å². The van der Waals surface area contributed by atoms with Gasteiger partial charge in [-0.25, -0.2) is 4.39 Å². The summed E-state index contributed by atoms with van der Waals surface area (Å²) in [7, 11) is 1.35. The summed E-state index contributed by atoms with van der Waals surface area (Å²) in [6, 6.07) is 4.71. The first-order chi connectivity index (χ1) is 13.2. The third-order valence-electron chi connectivity index (χ3n) is 3.86. The quantitative estimate of drug-likeness (QED) is 0.363. The van der Waals surface area contributed by atoms with Crippen molar-refractivity contribution in [2.24, 2.45) is 5.41 Å². The second kappa shape index (κ2) is 12.3. The van der Waals surface area contributed by atoms with Gasteiger partial charge in [0.05, 0.1) is 6.10 Å². The SMILES string of the molecule is CC(C)(C)CC(=O)N1CCC(O)C1.O=CNCc1ccc(C#CSI)cc1F. The number of carbonyl (C=O) groups is 2. The van der Waals surface area contributed by atoms with Crippen LogP contribution in [-0.2, 0) is 16.1 Å². The van der Waals surface area contributed by atoms with Crippen LogP contribution in [0.15, 0.2) is 18.2 Å². The van der Waals surface area contributed by atoms with E-state index in [1.54, 1.807) is 17.0 Å². The summed E-state index contributed by atoms with van der Waals surface area (Å²) >= 11 is 2.05. The molecule has 1 atom stereocenters. The Labute approximate surface area is 182 Å². The molecule has 1 aromatic rings. The lowest BCUT2D eigenvalue weighted by Crippen LogP contribution is -2.32. The first-order valence-electron chi connectivity index (χ1n) is 8.86. The van der Waals surface area contributed by atoms with E-state index in [2.05, 4.69) is 37.3 Å². The number of rotatable bonds is 4. The summed E-state index contributed by atoms with van der Waals surface area (Å²) in [6.45, 7) is 7.60. The van der Waals surface area contributed by atoms with Crippen molar-refractivity contribution < 1.29 is 19.1 Å². The molecule has 1 fully saturated rings. The van der Waals surface area contributed by atoms with E-state index in [1.165, 1.54) is 15.0 Å². The number of likely N-dealkylation sites (tertiary alicyclic amines) is 1. The van der Waals surface area contributed by atoms with Crippen molar-refractivity contribution in [3.05, 3.63) is 35.1 Å². The van der Waals surface area contributed by atoms with Crippen LogP contribution < -0.4 is 5.32 Å². The molecule has 0 spiro atoms. The second-order valence-corrected chi connectivity index (χ2v) is 9.31. The minimum absolute atomic E-state index is 0.0463. The van der Waals surface area contributed by atoms with Gasteiger partial charge in [0.1, 0.15) is 5.82 Å². The molecule has 0 radical (unpaired) electrons. The first-order valence-corrected chi connectivity index (χ1v) is 12.2. The summed E-state index contributed by atoms with van der Waals surface area (Å²) in [4.78, 5) is 23.4. The number of β-amino-alcohol motifs (C(OH)–C–C–N with tert-alkyl or cyclic N) is 1. The largest absolute Gasteiger partial charge is 0.391 e. The number of nitrogens with zero attached hydrogens (tertiary/aromatic N) is 1. The molecule has 154 valence electrons. The lowest BCUT2D eigenvalue weighted by molar-refractivity contribution is -0.132. The second-order valence-electron chi connectivity index (χ2n) is 7.63. The number of aliphatic hydroxyl groups excluding tert-OH is 1. The number of carbonyl (C=O) groups excluding carboxylic acids is 2. The predicted octanol–water partition coefficient (Wildman–Crippen LogP) is 3.48. The fourth-order valence-electron chi connectivity index (χ4n) is 2.53. The Hall–Kier alpha value is -1.31. The maximum Gasteiger partial charge on any atom is 0.223 e. The number of benzene rings is 1. The predicted molar refractivity (Wildman–Crippen MR) is 119 cm³/mol. The molecule has 1 aromatic carbocycles. The molecule has 1 unspecified atom stereocenters. The van der Waals surface area contributed by atoms with Crippen LogP contribution in [0.5, 0.6) is 0 Å². The van der Waals surface area contributed by atoms with Crippen molar-refractivity contribution in [2.75, 3.05) is 13.1 Å². The Morgan fingerprint density at radius 1 is 1.50 bits per heavy atom. The normalized spacial score (nSPS) is 15.8. The molecule has 2 rings (SSSR count). The Balaban J connectivity index is 0.000000283. The van der Waals surface area contributed by atoms with Crippen LogP contribution in [0.2, 0.25) is 0 Å². The molecule has 2 amide bonds. The molecule has 1 saturated heterocycles. The molecule has 0 aliphatic carbocycles. The van der Waals surface area contributed by atoms with Crippen LogP contribution in [0.25, 0.3) is 0 Å². The molecule has 1 aliphatic rings. The van der Waals surface area contributed by atoms with Gasteiger partial charge in [-0.2, -0.15) is 0 Å². The maximum absolute atomic E-state index is 13.4. The van der Waals surface area contributed by atoms with E-state index >= 15 is 0 Å². The molecule has 28 heavy (non-hydrogen) atoms. The van der Waals surface area contributed by atoms with E-state index < -0.39 is 0 Å². The van der Waals surface area contributed by atoms with E-state index in [0.29, 0.717) is 30.5 Å². The number of nitrogens with one attached hydrogen (secondary N) is 1. The molecule has 0 aromatic heterocycles. The molecule has 1 aliphatic heterocycles. The minimum atomic E-state index is -0.352. The van der Waals surface area contributed by atoms with E-state index in [-0.39, 0.29) is 29.8 Å². The Kier molecular flexibility index (Phi) is 10.9. The van der Waals surface area contributed by atoms with Gasteiger partial charge in [0.15, 0.2) is 0 Å². The van der Waals surface area contributed by atoms with E-state index in [1.807, 2.05) is 21.2 Å². The first kappa shape index (κ1) is 24.7. The average molecular weight is 520 g/mol. The third kappa shape index (κ3) is 9.75. The summed E-state index contributed by atoms with van der Waals surface area (Å²) in [5.41, 5.74) is 1.13. The number of halogens is 2. The van der Waals surface area contributed by atoms with Gasteiger partial charge in [0, 0.05) is 58.4 Å². The van der Waals surface area contributed by atoms with E-state index in [0.717, 1.165) is 13.0 Å². The lowest BCUT2D eigenvalue weighted by atomic mass is 9.92. The van der Waals surface area contributed by atoms with Crippen molar-refractivity contribution in [3.63, 3.8) is 0 Å².